The lowest BCUT2D eigenvalue weighted by Crippen LogP contribution is -2.49. The van der Waals surface area contributed by atoms with Crippen molar-refractivity contribution >= 4 is 36.0 Å². The smallest absolute Gasteiger partial charge is 0.409 e. The zero-order valence-corrected chi connectivity index (χ0v) is 19.0. The highest BCUT2D eigenvalue weighted by Gasteiger charge is 2.24. The number of guanidine groups is 1. The predicted molar refractivity (Wildman–Crippen MR) is 118 cm³/mol. The van der Waals surface area contributed by atoms with Crippen molar-refractivity contribution < 1.29 is 18.7 Å². The van der Waals surface area contributed by atoms with Gasteiger partial charge in [0.15, 0.2) is 17.5 Å². The van der Waals surface area contributed by atoms with E-state index in [2.05, 4.69) is 15.6 Å². The van der Waals surface area contributed by atoms with Crippen molar-refractivity contribution in [2.75, 3.05) is 33.4 Å². The number of ether oxygens (including phenoxy) is 2. The molecule has 1 amide bonds. The molecule has 28 heavy (non-hydrogen) atoms. The minimum Gasteiger partial charge on any atom is -0.491 e. The number of hydrogen-bond donors (Lipinski definition) is 2. The fourth-order valence-corrected chi connectivity index (χ4v) is 2.92. The molecule has 0 aromatic heterocycles. The Hall–Kier alpha value is -1.78. The van der Waals surface area contributed by atoms with E-state index >= 15 is 0 Å². The zero-order chi connectivity index (χ0) is 19.6. The average Bonchev–Trinajstić information content (AvgIpc) is 2.68. The summed E-state index contributed by atoms with van der Waals surface area (Å²) in [6.45, 7) is 6.19. The second-order valence-corrected chi connectivity index (χ2v) is 6.23. The van der Waals surface area contributed by atoms with Gasteiger partial charge in [0, 0.05) is 32.7 Å². The number of rotatable bonds is 6. The van der Waals surface area contributed by atoms with E-state index in [4.69, 9.17) is 9.47 Å². The van der Waals surface area contributed by atoms with Gasteiger partial charge < -0.3 is 25.0 Å². The summed E-state index contributed by atoms with van der Waals surface area (Å²) in [4.78, 5) is 17.7. The molecule has 0 radical (unpaired) electrons. The number of nitrogens with one attached hydrogen (secondary N) is 2. The molecule has 7 nitrogen and oxygen atoms in total. The summed E-state index contributed by atoms with van der Waals surface area (Å²) >= 11 is 0. The van der Waals surface area contributed by atoms with Crippen LogP contribution in [0, 0.1) is 5.82 Å². The fourth-order valence-electron chi connectivity index (χ4n) is 2.92. The molecule has 0 aliphatic carbocycles. The molecule has 1 heterocycles. The summed E-state index contributed by atoms with van der Waals surface area (Å²) in [6.07, 6.45) is 1.38. The largest absolute Gasteiger partial charge is 0.491 e. The molecule has 2 N–H and O–H groups in total. The number of amides is 1. The van der Waals surface area contributed by atoms with Gasteiger partial charge in [0.05, 0.1) is 13.2 Å². The molecule has 1 aromatic carbocycles. The van der Waals surface area contributed by atoms with Crippen molar-refractivity contribution in [3.63, 3.8) is 0 Å². The van der Waals surface area contributed by atoms with Crippen molar-refractivity contribution in [2.24, 2.45) is 4.99 Å². The Kier molecular flexibility index (Phi) is 10.9. The Bertz CT molecular complexity index is 652. The third kappa shape index (κ3) is 7.33. The predicted octanol–water partition coefficient (Wildman–Crippen LogP) is 3.13. The maximum atomic E-state index is 13.9. The van der Waals surface area contributed by atoms with E-state index < -0.39 is 0 Å². The van der Waals surface area contributed by atoms with Crippen LogP contribution in [0.1, 0.15) is 32.3 Å². The van der Waals surface area contributed by atoms with E-state index in [9.17, 15) is 9.18 Å². The molecule has 0 unspecified atom stereocenters. The van der Waals surface area contributed by atoms with Gasteiger partial charge >= 0.3 is 6.09 Å². The van der Waals surface area contributed by atoms with Crippen LogP contribution in [-0.4, -0.2) is 56.3 Å². The van der Waals surface area contributed by atoms with E-state index in [0.29, 0.717) is 38.8 Å². The molecule has 1 aliphatic heterocycles. The number of benzene rings is 1. The van der Waals surface area contributed by atoms with E-state index in [0.717, 1.165) is 18.4 Å². The van der Waals surface area contributed by atoms with Crippen LogP contribution in [0.4, 0.5) is 9.18 Å². The molecule has 1 aliphatic rings. The van der Waals surface area contributed by atoms with Crippen molar-refractivity contribution in [3.05, 3.63) is 29.6 Å². The van der Waals surface area contributed by atoms with Gasteiger partial charge in [-0.15, -0.1) is 24.0 Å². The van der Waals surface area contributed by atoms with Gasteiger partial charge in [0.2, 0.25) is 0 Å². The topological polar surface area (TPSA) is 75.2 Å². The second kappa shape index (κ2) is 12.6. The molecule has 158 valence electrons. The van der Waals surface area contributed by atoms with Gasteiger partial charge in [0.25, 0.3) is 0 Å². The van der Waals surface area contributed by atoms with Gasteiger partial charge in [-0.05, 0) is 44.4 Å². The summed E-state index contributed by atoms with van der Waals surface area (Å²) in [7, 11) is 1.70. The first-order valence-corrected chi connectivity index (χ1v) is 9.37. The van der Waals surface area contributed by atoms with Gasteiger partial charge in [-0.1, -0.05) is 6.07 Å². The van der Waals surface area contributed by atoms with E-state index in [1.54, 1.807) is 24.9 Å². The zero-order valence-electron chi connectivity index (χ0n) is 16.7. The molecule has 0 spiro atoms. The number of piperidine rings is 1. The Labute approximate surface area is 183 Å². The van der Waals surface area contributed by atoms with Crippen molar-refractivity contribution in [3.8, 4) is 5.75 Å². The summed E-state index contributed by atoms with van der Waals surface area (Å²) in [5.41, 5.74) is 0.802. The number of likely N-dealkylation sites (tertiary alicyclic amines) is 1. The highest BCUT2D eigenvalue weighted by atomic mass is 127. The summed E-state index contributed by atoms with van der Waals surface area (Å²) < 4.78 is 24.2. The molecule has 1 aromatic rings. The third-order valence-electron chi connectivity index (χ3n) is 4.34. The average molecular weight is 508 g/mol. The van der Waals surface area contributed by atoms with Crippen molar-refractivity contribution in [1.82, 2.24) is 15.5 Å². The number of aliphatic imine (C=N–C) groups is 1. The molecule has 2 rings (SSSR count). The Morgan fingerprint density at radius 2 is 2.00 bits per heavy atom. The van der Waals surface area contributed by atoms with Crippen LogP contribution in [0.25, 0.3) is 0 Å². The maximum absolute atomic E-state index is 13.9. The summed E-state index contributed by atoms with van der Waals surface area (Å²) in [5.74, 6) is 0.543. The van der Waals surface area contributed by atoms with E-state index in [1.165, 1.54) is 6.07 Å². The molecule has 0 saturated carbocycles. The highest BCUT2D eigenvalue weighted by Crippen LogP contribution is 2.18. The van der Waals surface area contributed by atoms with Crippen LogP contribution in [-0.2, 0) is 11.3 Å². The molecular formula is C19H30FIN4O3. The number of halogens is 2. The van der Waals surface area contributed by atoms with Gasteiger partial charge in [0.1, 0.15) is 0 Å². The van der Waals surface area contributed by atoms with Crippen molar-refractivity contribution in [2.45, 2.75) is 39.3 Å². The van der Waals surface area contributed by atoms with Gasteiger partial charge in [-0.2, -0.15) is 0 Å². The third-order valence-corrected chi connectivity index (χ3v) is 4.34. The lowest BCUT2D eigenvalue weighted by molar-refractivity contribution is 0.0963. The monoisotopic (exact) mass is 508 g/mol. The van der Waals surface area contributed by atoms with E-state index in [-0.39, 0.29) is 47.7 Å². The molecule has 1 fully saturated rings. The summed E-state index contributed by atoms with van der Waals surface area (Å²) in [5, 5.41) is 6.55. The highest BCUT2D eigenvalue weighted by molar-refractivity contribution is 14.0. The van der Waals surface area contributed by atoms with Crippen LogP contribution < -0.4 is 15.4 Å². The first kappa shape index (κ1) is 24.3. The quantitative estimate of drug-likeness (QED) is 0.351. The van der Waals surface area contributed by atoms with Crippen LogP contribution in [0.2, 0.25) is 0 Å². The van der Waals surface area contributed by atoms with Crippen LogP contribution >= 0.6 is 24.0 Å². The first-order valence-electron chi connectivity index (χ1n) is 9.37. The SMILES string of the molecule is CCOC(=O)N1CCC(NC(=NC)NCc2ccc(OCC)c(F)c2)CC1.I. The minimum absolute atomic E-state index is 0. The molecule has 9 heteroatoms. The standard InChI is InChI=1S/C19H29FN4O3.HI/c1-4-26-17-7-6-14(12-16(17)20)13-22-18(21-3)23-15-8-10-24(11-9-15)19(25)27-5-2;/h6-7,12,15H,4-5,8-11,13H2,1-3H3,(H2,21,22,23);1H. The van der Waals surface area contributed by atoms with Crippen LogP contribution in [0.3, 0.4) is 0 Å². The lowest BCUT2D eigenvalue weighted by Gasteiger charge is -2.32. The molecule has 1 saturated heterocycles. The Balaban J connectivity index is 0.00000392. The van der Waals surface area contributed by atoms with E-state index in [1.807, 2.05) is 13.0 Å². The Morgan fingerprint density at radius 3 is 2.57 bits per heavy atom. The number of hydrogen-bond acceptors (Lipinski definition) is 4. The van der Waals surface area contributed by atoms with Gasteiger partial charge in [-0.3, -0.25) is 4.99 Å². The first-order chi connectivity index (χ1) is 13.1. The Morgan fingerprint density at radius 1 is 1.29 bits per heavy atom. The number of carbonyl (C=O) groups is 1. The fraction of sp³-hybridized carbons (Fsp3) is 0.579. The van der Waals surface area contributed by atoms with Crippen molar-refractivity contribution in [1.29, 1.82) is 0 Å². The lowest BCUT2D eigenvalue weighted by atomic mass is 10.1. The molecular weight excluding hydrogens is 478 g/mol. The second-order valence-electron chi connectivity index (χ2n) is 6.23. The van der Waals surface area contributed by atoms with Crippen LogP contribution in [0.15, 0.2) is 23.2 Å². The molecule has 0 atom stereocenters. The molecule has 0 bridgehead atoms. The number of nitrogens with zero attached hydrogens (tertiary/aromatic N) is 2. The number of carbonyl (C=O) groups excluding carboxylic acids is 1. The summed E-state index contributed by atoms with van der Waals surface area (Å²) in [6, 6.07) is 5.14. The maximum Gasteiger partial charge on any atom is 0.409 e. The van der Waals surface area contributed by atoms with Gasteiger partial charge in [-0.25, -0.2) is 9.18 Å². The normalized spacial score (nSPS) is 14.9. The van der Waals surface area contributed by atoms with Crippen LogP contribution in [0.5, 0.6) is 5.75 Å². The minimum atomic E-state index is -0.370.